The van der Waals surface area contributed by atoms with Crippen LogP contribution in [0.4, 0.5) is 5.69 Å². The van der Waals surface area contributed by atoms with Crippen molar-refractivity contribution in [1.82, 2.24) is 4.90 Å². The minimum atomic E-state index is 0.0426. The van der Waals surface area contributed by atoms with Crippen LogP contribution in [-0.4, -0.2) is 43.5 Å². The summed E-state index contributed by atoms with van der Waals surface area (Å²) in [4.78, 5) is 29.4. The van der Waals surface area contributed by atoms with Crippen LogP contribution in [0.3, 0.4) is 0 Å². The van der Waals surface area contributed by atoms with Crippen molar-refractivity contribution >= 4 is 17.5 Å². The first-order chi connectivity index (χ1) is 15.6. The fraction of sp³-hybridized carbons (Fsp3) is 0.481. The fourth-order valence-electron chi connectivity index (χ4n) is 4.55. The molecule has 2 aromatic carbocycles. The molecular formula is C27H34N2O3. The second-order valence-corrected chi connectivity index (χ2v) is 9.04. The molecule has 2 amide bonds. The first-order valence-electron chi connectivity index (χ1n) is 11.9. The number of rotatable bonds is 8. The number of para-hydroxylation sites is 1. The van der Waals surface area contributed by atoms with Gasteiger partial charge in [0.1, 0.15) is 5.75 Å². The number of carbonyl (C=O) groups is 2. The van der Waals surface area contributed by atoms with Crippen LogP contribution in [0.25, 0.3) is 0 Å². The number of hydrogen-bond acceptors (Lipinski definition) is 3. The smallest absolute Gasteiger partial charge is 0.255 e. The molecule has 4 rings (SSSR count). The molecule has 0 spiro atoms. The average Bonchev–Trinajstić information content (AvgIpc) is 3.68. The molecule has 1 saturated heterocycles. The molecule has 1 heterocycles. The third-order valence-electron chi connectivity index (χ3n) is 6.73. The lowest BCUT2D eigenvalue weighted by atomic mass is 9.90. The normalized spacial score (nSPS) is 16.6. The highest BCUT2D eigenvalue weighted by Crippen LogP contribution is 2.33. The summed E-state index contributed by atoms with van der Waals surface area (Å²) in [6, 6.07) is 15.9. The molecule has 5 heteroatoms. The van der Waals surface area contributed by atoms with Gasteiger partial charge in [0.05, 0.1) is 17.9 Å². The first-order valence-corrected chi connectivity index (χ1v) is 11.9. The van der Waals surface area contributed by atoms with Gasteiger partial charge >= 0.3 is 0 Å². The van der Waals surface area contributed by atoms with E-state index >= 15 is 0 Å². The predicted molar refractivity (Wildman–Crippen MR) is 127 cm³/mol. The van der Waals surface area contributed by atoms with Crippen molar-refractivity contribution in [3.05, 3.63) is 59.7 Å². The summed E-state index contributed by atoms with van der Waals surface area (Å²) in [7, 11) is 1.79. The van der Waals surface area contributed by atoms with Gasteiger partial charge in [-0.25, -0.2) is 0 Å². The molecule has 1 aliphatic heterocycles. The third-order valence-corrected chi connectivity index (χ3v) is 6.73. The van der Waals surface area contributed by atoms with Gasteiger partial charge in [0.25, 0.3) is 5.91 Å². The van der Waals surface area contributed by atoms with Crippen molar-refractivity contribution in [3.63, 3.8) is 0 Å². The van der Waals surface area contributed by atoms with Gasteiger partial charge in [0, 0.05) is 26.1 Å². The minimum Gasteiger partial charge on any atom is -0.494 e. The highest BCUT2D eigenvalue weighted by Gasteiger charge is 2.34. The number of likely N-dealkylation sites (tertiary alicyclic amines) is 1. The molecule has 0 unspecified atom stereocenters. The highest BCUT2D eigenvalue weighted by molar-refractivity contribution is 6.05. The number of carbonyl (C=O) groups excluding carboxylic acids is 2. The molecule has 2 aliphatic rings. The van der Waals surface area contributed by atoms with Crippen molar-refractivity contribution in [1.29, 1.82) is 0 Å². The number of anilines is 1. The molecule has 0 bridgehead atoms. The second-order valence-electron chi connectivity index (χ2n) is 9.04. The summed E-state index contributed by atoms with van der Waals surface area (Å²) in [6.07, 6.45) is 6.18. The molecule has 170 valence electrons. The fourth-order valence-corrected chi connectivity index (χ4v) is 4.55. The summed E-state index contributed by atoms with van der Waals surface area (Å²) >= 11 is 0. The Morgan fingerprint density at radius 1 is 1.00 bits per heavy atom. The SMILES string of the molecule is CCOc1ccc(CCC2CCN(C(=O)c3ccccc3N(C)C(=O)C3CC3)CC2)cc1. The Balaban J connectivity index is 1.30. The number of ether oxygens (including phenoxy) is 1. The van der Waals surface area contributed by atoms with Crippen LogP contribution in [-0.2, 0) is 11.2 Å². The van der Waals surface area contributed by atoms with Crippen LogP contribution in [0, 0.1) is 11.8 Å². The minimum absolute atomic E-state index is 0.0426. The zero-order chi connectivity index (χ0) is 22.5. The van der Waals surface area contributed by atoms with Crippen molar-refractivity contribution in [2.45, 2.75) is 45.4 Å². The van der Waals surface area contributed by atoms with Crippen molar-refractivity contribution in [2.24, 2.45) is 11.8 Å². The van der Waals surface area contributed by atoms with Crippen LogP contribution in [0.1, 0.15) is 54.9 Å². The Hall–Kier alpha value is -2.82. The summed E-state index contributed by atoms with van der Waals surface area (Å²) in [6.45, 7) is 4.24. The maximum absolute atomic E-state index is 13.3. The Bertz CT molecular complexity index is 928. The van der Waals surface area contributed by atoms with Gasteiger partial charge in [-0.15, -0.1) is 0 Å². The Morgan fingerprint density at radius 3 is 2.34 bits per heavy atom. The topological polar surface area (TPSA) is 49.9 Å². The van der Waals surface area contributed by atoms with E-state index in [1.54, 1.807) is 11.9 Å². The van der Waals surface area contributed by atoms with E-state index in [4.69, 9.17) is 4.74 Å². The number of aryl methyl sites for hydroxylation is 1. The first kappa shape index (κ1) is 22.4. The van der Waals surface area contributed by atoms with E-state index in [1.807, 2.05) is 48.2 Å². The molecule has 32 heavy (non-hydrogen) atoms. The zero-order valence-electron chi connectivity index (χ0n) is 19.3. The summed E-state index contributed by atoms with van der Waals surface area (Å²) in [5.41, 5.74) is 2.70. The molecule has 0 atom stereocenters. The summed E-state index contributed by atoms with van der Waals surface area (Å²) < 4.78 is 5.52. The highest BCUT2D eigenvalue weighted by atomic mass is 16.5. The lowest BCUT2D eigenvalue weighted by Gasteiger charge is -2.33. The van der Waals surface area contributed by atoms with Gasteiger partial charge in [-0.1, -0.05) is 24.3 Å². The Kier molecular flexibility index (Phi) is 7.13. The number of hydrogen-bond donors (Lipinski definition) is 0. The van der Waals surface area contributed by atoms with E-state index in [2.05, 4.69) is 12.1 Å². The van der Waals surface area contributed by atoms with E-state index in [9.17, 15) is 9.59 Å². The van der Waals surface area contributed by atoms with Gasteiger partial charge < -0.3 is 14.5 Å². The molecule has 0 radical (unpaired) electrons. The largest absolute Gasteiger partial charge is 0.494 e. The van der Waals surface area contributed by atoms with E-state index < -0.39 is 0 Å². The van der Waals surface area contributed by atoms with Crippen molar-refractivity contribution in [3.8, 4) is 5.75 Å². The van der Waals surface area contributed by atoms with Crippen LogP contribution in [0.5, 0.6) is 5.75 Å². The molecule has 2 aromatic rings. The third kappa shape index (κ3) is 5.32. The van der Waals surface area contributed by atoms with Crippen LogP contribution < -0.4 is 9.64 Å². The van der Waals surface area contributed by atoms with Gasteiger partial charge in [0.15, 0.2) is 0 Å². The standard InChI is InChI=1S/C27H34N2O3/c1-3-32-23-14-10-20(11-15-23)8-9-21-16-18-29(19-17-21)27(31)24-6-4-5-7-25(24)28(2)26(30)22-12-13-22/h4-7,10-11,14-15,21-22H,3,8-9,12-13,16-19H2,1-2H3. The molecule has 1 aliphatic carbocycles. The monoisotopic (exact) mass is 434 g/mol. The number of amides is 2. The molecule has 0 N–H and O–H groups in total. The lowest BCUT2D eigenvalue weighted by Crippen LogP contribution is -2.39. The van der Waals surface area contributed by atoms with Gasteiger partial charge in [-0.2, -0.15) is 0 Å². The van der Waals surface area contributed by atoms with E-state index in [1.165, 1.54) is 5.56 Å². The maximum atomic E-state index is 13.3. The summed E-state index contributed by atoms with van der Waals surface area (Å²) in [5.74, 6) is 1.86. The van der Waals surface area contributed by atoms with E-state index in [-0.39, 0.29) is 17.7 Å². The second kappa shape index (κ2) is 10.2. The quantitative estimate of drug-likeness (QED) is 0.591. The van der Waals surface area contributed by atoms with E-state index in [0.29, 0.717) is 18.1 Å². The van der Waals surface area contributed by atoms with Crippen molar-refractivity contribution in [2.75, 3.05) is 31.6 Å². The number of piperidine rings is 1. The molecule has 5 nitrogen and oxygen atoms in total. The van der Waals surface area contributed by atoms with Crippen molar-refractivity contribution < 1.29 is 14.3 Å². The van der Waals surface area contributed by atoms with E-state index in [0.717, 1.165) is 63.1 Å². The van der Waals surface area contributed by atoms with Gasteiger partial charge in [0.2, 0.25) is 5.91 Å². The molecule has 2 fully saturated rings. The molecular weight excluding hydrogens is 400 g/mol. The van der Waals surface area contributed by atoms with Crippen LogP contribution in [0.2, 0.25) is 0 Å². The maximum Gasteiger partial charge on any atom is 0.255 e. The Labute approximate surface area is 191 Å². The Morgan fingerprint density at radius 2 is 1.69 bits per heavy atom. The van der Waals surface area contributed by atoms with Gasteiger partial charge in [-0.3, -0.25) is 9.59 Å². The number of benzene rings is 2. The number of nitrogens with zero attached hydrogens (tertiary/aromatic N) is 2. The molecule has 1 saturated carbocycles. The predicted octanol–water partition coefficient (Wildman–Crippen LogP) is 4.94. The van der Waals surface area contributed by atoms with Crippen LogP contribution >= 0.6 is 0 Å². The lowest BCUT2D eigenvalue weighted by molar-refractivity contribution is -0.119. The van der Waals surface area contributed by atoms with Crippen LogP contribution in [0.15, 0.2) is 48.5 Å². The zero-order valence-corrected chi connectivity index (χ0v) is 19.3. The molecule has 0 aromatic heterocycles. The average molecular weight is 435 g/mol. The van der Waals surface area contributed by atoms with Gasteiger partial charge in [-0.05, 0) is 81.2 Å². The summed E-state index contributed by atoms with van der Waals surface area (Å²) in [5, 5.41) is 0.